The minimum absolute atomic E-state index is 0.246. The van der Waals surface area contributed by atoms with Gasteiger partial charge >= 0.3 is 0 Å². The van der Waals surface area contributed by atoms with Crippen LogP contribution in [0.2, 0.25) is 0 Å². The molecular formula is C18H18N2O2S. The van der Waals surface area contributed by atoms with Gasteiger partial charge in [0.15, 0.2) is 0 Å². The largest absolute Gasteiger partial charge is 0.398 e. The van der Waals surface area contributed by atoms with Crippen LogP contribution in [0, 0.1) is 6.92 Å². The van der Waals surface area contributed by atoms with Crippen LogP contribution >= 0.6 is 0 Å². The van der Waals surface area contributed by atoms with Crippen LogP contribution in [0.15, 0.2) is 65.6 Å². The number of hydrogen-bond acceptors (Lipinski definition) is 3. The number of rotatable bonds is 4. The maximum absolute atomic E-state index is 12.7. The summed E-state index contributed by atoms with van der Waals surface area (Å²) < 4.78 is 28.1. The summed E-state index contributed by atoms with van der Waals surface area (Å²) >= 11 is 0. The predicted octanol–water partition coefficient (Wildman–Crippen LogP) is 3.21. The molecule has 3 aromatic rings. The van der Waals surface area contributed by atoms with Crippen molar-refractivity contribution in [2.45, 2.75) is 18.4 Å². The van der Waals surface area contributed by atoms with E-state index in [1.807, 2.05) is 37.3 Å². The lowest BCUT2D eigenvalue weighted by Crippen LogP contribution is -2.23. The summed E-state index contributed by atoms with van der Waals surface area (Å²) in [5.41, 5.74) is 8.51. The van der Waals surface area contributed by atoms with E-state index in [2.05, 4.69) is 4.72 Å². The van der Waals surface area contributed by atoms with Crippen molar-refractivity contribution in [3.63, 3.8) is 0 Å². The normalized spacial score (nSPS) is 11.7. The molecule has 0 fully saturated rings. The zero-order valence-corrected chi connectivity index (χ0v) is 13.6. The van der Waals surface area contributed by atoms with E-state index in [-0.39, 0.29) is 11.4 Å². The van der Waals surface area contributed by atoms with Gasteiger partial charge in [-0.1, -0.05) is 48.5 Å². The van der Waals surface area contributed by atoms with Crippen molar-refractivity contribution < 1.29 is 8.42 Å². The molecule has 118 valence electrons. The number of nitrogens with two attached hydrogens (primary N) is 1. The Morgan fingerprint density at radius 1 is 0.913 bits per heavy atom. The minimum Gasteiger partial charge on any atom is -0.398 e. The van der Waals surface area contributed by atoms with Crippen molar-refractivity contribution >= 4 is 26.5 Å². The molecule has 4 nitrogen and oxygen atoms in total. The number of nitrogens with one attached hydrogen (secondary N) is 1. The third kappa shape index (κ3) is 3.06. The molecule has 0 bridgehead atoms. The molecule has 3 rings (SSSR count). The van der Waals surface area contributed by atoms with Crippen LogP contribution in [0.25, 0.3) is 10.8 Å². The molecule has 0 aromatic heterocycles. The highest BCUT2D eigenvalue weighted by Crippen LogP contribution is 2.27. The zero-order chi connectivity index (χ0) is 16.4. The molecule has 0 spiro atoms. The molecule has 0 amide bonds. The molecule has 0 aliphatic rings. The van der Waals surface area contributed by atoms with Gasteiger partial charge in [-0.05, 0) is 30.2 Å². The van der Waals surface area contributed by atoms with E-state index in [1.54, 1.807) is 30.3 Å². The maximum Gasteiger partial charge on any atom is 0.241 e. The van der Waals surface area contributed by atoms with Gasteiger partial charge < -0.3 is 5.73 Å². The fourth-order valence-electron chi connectivity index (χ4n) is 2.60. The summed E-state index contributed by atoms with van der Waals surface area (Å²) in [6.07, 6.45) is 0. The second kappa shape index (κ2) is 6.02. The molecule has 0 aliphatic heterocycles. The Bertz CT molecular complexity index is 966. The van der Waals surface area contributed by atoms with Crippen LogP contribution < -0.4 is 10.5 Å². The second-order valence-corrected chi connectivity index (χ2v) is 7.18. The van der Waals surface area contributed by atoms with E-state index in [9.17, 15) is 8.42 Å². The average Bonchev–Trinajstić information content (AvgIpc) is 2.54. The highest BCUT2D eigenvalue weighted by molar-refractivity contribution is 7.89. The highest BCUT2D eigenvalue weighted by Gasteiger charge is 2.17. The van der Waals surface area contributed by atoms with Gasteiger partial charge in [0.25, 0.3) is 0 Å². The molecule has 0 atom stereocenters. The SMILES string of the molecule is Cc1ccccc1CNS(=O)(=O)c1cccc2c(N)cccc12. The van der Waals surface area contributed by atoms with Crippen molar-refractivity contribution in [3.05, 3.63) is 71.8 Å². The lowest BCUT2D eigenvalue weighted by Gasteiger charge is -2.11. The first-order valence-corrected chi connectivity index (χ1v) is 8.79. The predicted molar refractivity (Wildman–Crippen MR) is 93.6 cm³/mol. The van der Waals surface area contributed by atoms with Crippen molar-refractivity contribution in [3.8, 4) is 0 Å². The first-order valence-electron chi connectivity index (χ1n) is 7.30. The quantitative estimate of drug-likeness (QED) is 0.723. The molecule has 0 aliphatic carbocycles. The second-order valence-electron chi connectivity index (χ2n) is 5.45. The van der Waals surface area contributed by atoms with Crippen molar-refractivity contribution in [2.75, 3.05) is 5.73 Å². The van der Waals surface area contributed by atoms with Gasteiger partial charge in [0.05, 0.1) is 4.90 Å². The van der Waals surface area contributed by atoms with E-state index in [4.69, 9.17) is 5.73 Å². The Labute approximate surface area is 136 Å². The number of anilines is 1. The van der Waals surface area contributed by atoms with Crippen LogP contribution in [0.5, 0.6) is 0 Å². The van der Waals surface area contributed by atoms with Gasteiger partial charge in [-0.3, -0.25) is 0 Å². The van der Waals surface area contributed by atoms with Gasteiger partial charge in [-0.15, -0.1) is 0 Å². The number of fused-ring (bicyclic) bond motifs is 1. The lowest BCUT2D eigenvalue weighted by molar-refractivity contribution is 0.582. The molecule has 0 unspecified atom stereocenters. The smallest absolute Gasteiger partial charge is 0.241 e. The van der Waals surface area contributed by atoms with E-state index in [1.165, 1.54) is 0 Å². The molecule has 3 aromatic carbocycles. The summed E-state index contributed by atoms with van der Waals surface area (Å²) in [7, 11) is -3.62. The summed E-state index contributed by atoms with van der Waals surface area (Å²) in [6, 6.07) is 18.1. The minimum atomic E-state index is -3.62. The molecule has 0 saturated carbocycles. The summed E-state index contributed by atoms with van der Waals surface area (Å²) in [5.74, 6) is 0. The fourth-order valence-corrected chi connectivity index (χ4v) is 3.82. The van der Waals surface area contributed by atoms with Gasteiger partial charge in [-0.2, -0.15) is 0 Å². The number of aryl methyl sites for hydroxylation is 1. The average molecular weight is 326 g/mol. The van der Waals surface area contributed by atoms with Gasteiger partial charge in [-0.25, -0.2) is 13.1 Å². The number of benzene rings is 3. The number of hydrogen-bond donors (Lipinski definition) is 2. The highest BCUT2D eigenvalue weighted by atomic mass is 32.2. The monoisotopic (exact) mass is 326 g/mol. The third-order valence-electron chi connectivity index (χ3n) is 3.92. The van der Waals surface area contributed by atoms with Crippen LogP contribution in [0.1, 0.15) is 11.1 Å². The van der Waals surface area contributed by atoms with E-state index in [0.29, 0.717) is 11.1 Å². The Morgan fingerprint density at radius 3 is 2.39 bits per heavy atom. The third-order valence-corrected chi connectivity index (χ3v) is 5.38. The van der Waals surface area contributed by atoms with Crippen molar-refractivity contribution in [1.29, 1.82) is 0 Å². The van der Waals surface area contributed by atoms with Crippen LogP contribution in [-0.2, 0) is 16.6 Å². The van der Waals surface area contributed by atoms with Crippen molar-refractivity contribution in [2.24, 2.45) is 0 Å². The fraction of sp³-hybridized carbons (Fsp3) is 0.111. The molecule has 0 heterocycles. The molecular weight excluding hydrogens is 308 g/mol. The van der Waals surface area contributed by atoms with Crippen LogP contribution in [-0.4, -0.2) is 8.42 Å². The van der Waals surface area contributed by atoms with Gasteiger partial charge in [0.1, 0.15) is 0 Å². The first-order chi connectivity index (χ1) is 11.0. The Balaban J connectivity index is 1.98. The van der Waals surface area contributed by atoms with Crippen LogP contribution in [0.4, 0.5) is 5.69 Å². The number of sulfonamides is 1. The Kier molecular flexibility index (Phi) is 4.07. The Hall–Kier alpha value is -2.37. The van der Waals surface area contributed by atoms with Crippen molar-refractivity contribution in [1.82, 2.24) is 4.72 Å². The molecule has 0 radical (unpaired) electrons. The topological polar surface area (TPSA) is 72.2 Å². The van der Waals surface area contributed by atoms with Gasteiger partial charge in [0.2, 0.25) is 10.0 Å². The van der Waals surface area contributed by atoms with Gasteiger partial charge in [0, 0.05) is 23.0 Å². The summed E-state index contributed by atoms with van der Waals surface area (Å²) in [6.45, 7) is 2.22. The first kappa shape index (κ1) is 15.5. The van der Waals surface area contributed by atoms with E-state index >= 15 is 0 Å². The summed E-state index contributed by atoms with van der Waals surface area (Å²) in [5, 5.41) is 1.37. The van der Waals surface area contributed by atoms with E-state index in [0.717, 1.165) is 16.5 Å². The standard InChI is InChI=1S/C18H18N2O2S/c1-13-6-2-3-7-14(13)12-20-23(21,22)18-11-5-8-15-16(18)9-4-10-17(15)19/h2-11,20H,12,19H2,1H3. The molecule has 5 heteroatoms. The zero-order valence-electron chi connectivity index (χ0n) is 12.8. The molecule has 3 N–H and O–H groups in total. The number of nitrogen functional groups attached to an aromatic ring is 1. The van der Waals surface area contributed by atoms with Crippen LogP contribution in [0.3, 0.4) is 0 Å². The Morgan fingerprint density at radius 2 is 1.61 bits per heavy atom. The summed E-state index contributed by atoms with van der Waals surface area (Å²) in [4.78, 5) is 0.246. The van der Waals surface area contributed by atoms with E-state index < -0.39 is 10.0 Å². The molecule has 0 saturated heterocycles. The molecule has 23 heavy (non-hydrogen) atoms. The lowest BCUT2D eigenvalue weighted by atomic mass is 10.1. The maximum atomic E-state index is 12.7.